The van der Waals surface area contributed by atoms with E-state index in [1.165, 1.54) is 0 Å². The zero-order valence-electron chi connectivity index (χ0n) is 21.7. The largest absolute Gasteiger partial charge is 0.333 e. The van der Waals surface area contributed by atoms with Crippen molar-refractivity contribution in [3.8, 4) is 11.4 Å². The second kappa shape index (κ2) is 10.1. The maximum atomic E-state index is 13.3. The van der Waals surface area contributed by atoms with Gasteiger partial charge in [-0.25, -0.2) is 19.2 Å². The van der Waals surface area contributed by atoms with E-state index >= 15 is 0 Å². The molecule has 192 valence electrons. The maximum absolute atomic E-state index is 13.3. The molecule has 4 rings (SSSR count). The lowest BCUT2D eigenvalue weighted by molar-refractivity contribution is -0.134. The molecule has 7 nitrogen and oxygen atoms in total. The third kappa shape index (κ3) is 5.63. The zero-order valence-corrected chi connectivity index (χ0v) is 21.7. The fourth-order valence-corrected chi connectivity index (χ4v) is 5.65. The summed E-state index contributed by atoms with van der Waals surface area (Å²) in [4.78, 5) is 49.0. The van der Waals surface area contributed by atoms with Gasteiger partial charge in [0, 0.05) is 37.0 Å². The summed E-state index contributed by atoms with van der Waals surface area (Å²) in [6.07, 6.45) is 4.62. The minimum atomic E-state index is -0.748. The Labute approximate surface area is 211 Å². The number of carbonyl (C=O) groups excluding carboxylic acids is 3. The first-order chi connectivity index (χ1) is 16.9. The van der Waals surface area contributed by atoms with Gasteiger partial charge in [-0.15, -0.1) is 0 Å². The summed E-state index contributed by atoms with van der Waals surface area (Å²) in [5, 5.41) is 3.00. The van der Waals surface area contributed by atoms with Crippen LogP contribution in [0.3, 0.4) is 0 Å². The lowest BCUT2D eigenvalue weighted by atomic mass is 9.69. The summed E-state index contributed by atoms with van der Waals surface area (Å²) >= 11 is 0. The first kappa shape index (κ1) is 25.9. The number of nitrogens with one attached hydrogen (secondary N) is 1. The molecule has 2 amide bonds. The number of urea groups is 1. The summed E-state index contributed by atoms with van der Waals surface area (Å²) in [6.45, 7) is 10.9. The topological polar surface area (TPSA) is 92.3 Å². The van der Waals surface area contributed by atoms with E-state index in [-0.39, 0.29) is 35.0 Å². The number of carbonyl (C=O) groups is 3. The van der Waals surface area contributed by atoms with Crippen molar-refractivity contribution in [2.75, 3.05) is 13.1 Å². The number of nitrogens with zero attached hydrogens (tertiary/aromatic N) is 3. The average Bonchev–Trinajstić information content (AvgIpc) is 2.79. The number of ketones is 2. The highest BCUT2D eigenvalue weighted by atomic mass is 19.1. The van der Waals surface area contributed by atoms with Gasteiger partial charge in [-0.2, -0.15) is 0 Å². The third-order valence-corrected chi connectivity index (χ3v) is 7.31. The normalized spacial score (nSPS) is 21.6. The molecule has 2 aliphatic rings. The molecule has 2 fully saturated rings. The quantitative estimate of drug-likeness (QED) is 0.622. The lowest BCUT2D eigenvalue weighted by Gasteiger charge is -2.39. The second-order valence-electron chi connectivity index (χ2n) is 11.3. The van der Waals surface area contributed by atoms with E-state index in [2.05, 4.69) is 15.3 Å². The van der Waals surface area contributed by atoms with Crippen LogP contribution in [0.4, 0.5) is 9.18 Å². The van der Waals surface area contributed by atoms with Gasteiger partial charge in [-0.1, -0.05) is 0 Å². The van der Waals surface area contributed by atoms with Crippen molar-refractivity contribution in [2.45, 2.75) is 71.8 Å². The Balaban J connectivity index is 1.44. The Morgan fingerprint density at radius 1 is 0.972 bits per heavy atom. The molecule has 0 unspecified atom stereocenters. The standard InChI is InChI=1S/C28H35FN4O3/c1-16-10-20(26-30-14-21(29)15-31-26)11-17(2)24(16)25-22(34)12-19(13-23(25)35)18-6-8-33(9-7-18)27(36)32-28(3,4)5/h10-11,14-15,18-19,25H,6-9,12-13H2,1-5H3,(H,32,36). The van der Waals surface area contributed by atoms with Gasteiger partial charge in [-0.05, 0) is 88.1 Å². The van der Waals surface area contributed by atoms with E-state index < -0.39 is 11.7 Å². The van der Waals surface area contributed by atoms with Crippen LogP contribution >= 0.6 is 0 Å². The molecule has 0 atom stereocenters. The van der Waals surface area contributed by atoms with Crippen molar-refractivity contribution in [1.82, 2.24) is 20.2 Å². The Morgan fingerprint density at radius 3 is 2.00 bits per heavy atom. The van der Waals surface area contributed by atoms with Crippen LogP contribution in [-0.2, 0) is 9.59 Å². The fraction of sp³-hybridized carbons (Fsp3) is 0.536. The van der Waals surface area contributed by atoms with Crippen molar-refractivity contribution >= 4 is 17.6 Å². The van der Waals surface area contributed by atoms with Crippen molar-refractivity contribution < 1.29 is 18.8 Å². The molecule has 1 aliphatic heterocycles. The van der Waals surface area contributed by atoms with Crippen LogP contribution in [0.15, 0.2) is 24.5 Å². The number of piperidine rings is 1. The van der Waals surface area contributed by atoms with Gasteiger partial charge in [0.2, 0.25) is 0 Å². The Morgan fingerprint density at radius 2 is 1.50 bits per heavy atom. The number of amides is 2. The van der Waals surface area contributed by atoms with Gasteiger partial charge in [0.15, 0.2) is 11.6 Å². The number of hydrogen-bond donors (Lipinski definition) is 1. The number of halogens is 1. The third-order valence-electron chi connectivity index (χ3n) is 7.31. The molecule has 36 heavy (non-hydrogen) atoms. The second-order valence-corrected chi connectivity index (χ2v) is 11.3. The SMILES string of the molecule is Cc1cc(-c2ncc(F)cn2)cc(C)c1C1C(=O)CC(C2CCN(C(=O)NC(C)(C)C)CC2)CC1=O. The number of hydrogen-bond acceptors (Lipinski definition) is 5. The molecule has 0 spiro atoms. The van der Waals surface area contributed by atoms with Gasteiger partial charge in [-0.3, -0.25) is 9.59 Å². The molecule has 1 aliphatic carbocycles. The molecule has 2 heterocycles. The average molecular weight is 495 g/mol. The van der Waals surface area contributed by atoms with Crippen LogP contribution < -0.4 is 5.32 Å². The van der Waals surface area contributed by atoms with Crippen LogP contribution in [0.25, 0.3) is 11.4 Å². The Kier molecular flexibility index (Phi) is 7.25. The Bertz CT molecular complexity index is 1120. The van der Waals surface area contributed by atoms with Gasteiger partial charge in [0.05, 0.1) is 12.4 Å². The summed E-state index contributed by atoms with van der Waals surface area (Å²) in [7, 11) is 0. The molecule has 1 aromatic heterocycles. The maximum Gasteiger partial charge on any atom is 0.317 e. The molecule has 0 bridgehead atoms. The summed E-state index contributed by atoms with van der Waals surface area (Å²) in [5.74, 6) is -0.614. The molecule has 0 radical (unpaired) electrons. The minimum absolute atomic E-state index is 0.0267. The number of benzene rings is 1. The Hall–Kier alpha value is -3.16. The van der Waals surface area contributed by atoms with Crippen LogP contribution in [0, 0.1) is 31.5 Å². The van der Waals surface area contributed by atoms with E-state index in [9.17, 15) is 18.8 Å². The number of Topliss-reactive ketones (excluding diaryl/α,β-unsaturated/α-hetero) is 2. The van der Waals surface area contributed by atoms with E-state index in [0.717, 1.165) is 47.5 Å². The fourth-order valence-electron chi connectivity index (χ4n) is 5.65. The van der Waals surface area contributed by atoms with Gasteiger partial charge >= 0.3 is 6.03 Å². The molecular weight excluding hydrogens is 459 g/mol. The van der Waals surface area contributed by atoms with E-state index in [0.29, 0.717) is 31.8 Å². The van der Waals surface area contributed by atoms with Crippen molar-refractivity contribution in [2.24, 2.45) is 11.8 Å². The smallest absolute Gasteiger partial charge is 0.317 e. The summed E-state index contributed by atoms with van der Waals surface area (Å²) in [6, 6.07) is 3.67. The van der Waals surface area contributed by atoms with Crippen LogP contribution in [-0.4, -0.2) is 51.1 Å². The summed E-state index contributed by atoms with van der Waals surface area (Å²) < 4.78 is 13.2. The predicted octanol–water partition coefficient (Wildman–Crippen LogP) is 4.75. The number of aromatic nitrogens is 2. The lowest BCUT2D eigenvalue weighted by Crippen LogP contribution is -2.51. The van der Waals surface area contributed by atoms with Gasteiger partial charge < -0.3 is 10.2 Å². The van der Waals surface area contributed by atoms with E-state index in [4.69, 9.17) is 0 Å². The predicted molar refractivity (Wildman–Crippen MR) is 135 cm³/mol. The van der Waals surface area contributed by atoms with Gasteiger partial charge in [0.1, 0.15) is 17.5 Å². The molecule has 2 aromatic rings. The highest BCUT2D eigenvalue weighted by Crippen LogP contribution is 2.40. The molecule has 1 aromatic carbocycles. The monoisotopic (exact) mass is 494 g/mol. The summed E-state index contributed by atoms with van der Waals surface area (Å²) in [5.41, 5.74) is 2.88. The van der Waals surface area contributed by atoms with Crippen LogP contribution in [0.2, 0.25) is 0 Å². The highest BCUT2D eigenvalue weighted by Gasteiger charge is 2.41. The highest BCUT2D eigenvalue weighted by molar-refractivity contribution is 6.10. The van der Waals surface area contributed by atoms with E-state index in [1.54, 1.807) is 0 Å². The molecule has 8 heteroatoms. The zero-order chi connectivity index (χ0) is 26.2. The number of likely N-dealkylation sites (tertiary alicyclic amines) is 1. The van der Waals surface area contributed by atoms with Crippen molar-refractivity contribution in [3.63, 3.8) is 0 Å². The van der Waals surface area contributed by atoms with Crippen molar-refractivity contribution in [1.29, 1.82) is 0 Å². The first-order valence-electron chi connectivity index (χ1n) is 12.6. The number of rotatable bonds is 3. The van der Waals surface area contributed by atoms with E-state index in [1.807, 2.05) is 51.7 Å². The molecule has 1 saturated heterocycles. The van der Waals surface area contributed by atoms with Crippen molar-refractivity contribution in [3.05, 3.63) is 47.0 Å². The van der Waals surface area contributed by atoms with Gasteiger partial charge in [0.25, 0.3) is 0 Å². The van der Waals surface area contributed by atoms with Crippen LogP contribution in [0.5, 0.6) is 0 Å². The molecule has 1 saturated carbocycles. The number of aryl methyl sites for hydroxylation is 2. The first-order valence-corrected chi connectivity index (χ1v) is 12.6. The minimum Gasteiger partial charge on any atom is -0.333 e. The molecule has 1 N–H and O–H groups in total. The van der Waals surface area contributed by atoms with Crippen LogP contribution in [0.1, 0.15) is 69.1 Å². The molecular formula is C28H35FN4O3.